The van der Waals surface area contributed by atoms with E-state index in [-0.39, 0.29) is 11.8 Å². The highest BCUT2D eigenvalue weighted by atomic mass is 16.5. The van der Waals surface area contributed by atoms with Crippen molar-refractivity contribution in [2.24, 2.45) is 0 Å². The summed E-state index contributed by atoms with van der Waals surface area (Å²) in [5.41, 5.74) is 2.03. The first-order chi connectivity index (χ1) is 13.5. The van der Waals surface area contributed by atoms with Gasteiger partial charge in [-0.1, -0.05) is 32.6 Å². The minimum absolute atomic E-state index is 0.00262. The second kappa shape index (κ2) is 14.0. The molecule has 1 aromatic rings. The zero-order valence-electron chi connectivity index (χ0n) is 18.0. The molecule has 0 aliphatic heterocycles. The van der Waals surface area contributed by atoms with E-state index in [0.717, 1.165) is 24.9 Å². The van der Waals surface area contributed by atoms with Gasteiger partial charge in [-0.3, -0.25) is 9.59 Å². The molecule has 0 aromatic heterocycles. The van der Waals surface area contributed by atoms with E-state index in [4.69, 9.17) is 4.74 Å². The van der Waals surface area contributed by atoms with Crippen molar-refractivity contribution < 1.29 is 14.3 Å². The standard InChI is InChI=1S/C22H37N3O3/c1-5-7-8-9-10-12-21(26)24-18-13-14-20(25(3)4)19(17-18)22(27)23-15-11-16-28-6-2/h13-14,17H,5-12,15-16H2,1-4H3,(H,23,27)(H,24,26). The average molecular weight is 392 g/mol. The Kier molecular flexibility index (Phi) is 12.0. The normalized spacial score (nSPS) is 10.6. The zero-order valence-corrected chi connectivity index (χ0v) is 18.0. The summed E-state index contributed by atoms with van der Waals surface area (Å²) < 4.78 is 5.29. The number of benzene rings is 1. The highest BCUT2D eigenvalue weighted by Crippen LogP contribution is 2.23. The topological polar surface area (TPSA) is 70.7 Å². The fourth-order valence-electron chi connectivity index (χ4n) is 2.91. The fourth-order valence-corrected chi connectivity index (χ4v) is 2.91. The van der Waals surface area contributed by atoms with Gasteiger partial charge in [-0.2, -0.15) is 0 Å². The number of carbonyl (C=O) groups is 2. The lowest BCUT2D eigenvalue weighted by molar-refractivity contribution is -0.116. The number of carbonyl (C=O) groups excluding carboxylic acids is 2. The highest BCUT2D eigenvalue weighted by molar-refractivity contribution is 6.02. The van der Waals surface area contributed by atoms with E-state index in [1.165, 1.54) is 19.3 Å². The van der Waals surface area contributed by atoms with Crippen molar-refractivity contribution in [3.63, 3.8) is 0 Å². The maximum Gasteiger partial charge on any atom is 0.253 e. The van der Waals surface area contributed by atoms with Crippen LogP contribution < -0.4 is 15.5 Å². The third-order valence-corrected chi connectivity index (χ3v) is 4.47. The first-order valence-corrected chi connectivity index (χ1v) is 10.5. The van der Waals surface area contributed by atoms with Crippen molar-refractivity contribution in [1.29, 1.82) is 0 Å². The van der Waals surface area contributed by atoms with Gasteiger partial charge in [0.05, 0.1) is 5.56 Å². The summed E-state index contributed by atoms with van der Waals surface area (Å²) >= 11 is 0. The molecule has 0 aliphatic rings. The first kappa shape index (κ1) is 24.0. The molecule has 158 valence electrons. The van der Waals surface area contributed by atoms with Gasteiger partial charge in [0.2, 0.25) is 5.91 Å². The Hall–Kier alpha value is -2.08. The van der Waals surface area contributed by atoms with Gasteiger partial charge in [-0.15, -0.1) is 0 Å². The summed E-state index contributed by atoms with van der Waals surface area (Å²) in [6, 6.07) is 5.46. The van der Waals surface area contributed by atoms with Crippen LogP contribution in [-0.2, 0) is 9.53 Å². The Morgan fingerprint density at radius 2 is 1.79 bits per heavy atom. The number of ether oxygens (including phenoxy) is 1. The van der Waals surface area contributed by atoms with E-state index in [9.17, 15) is 9.59 Å². The SMILES string of the molecule is CCCCCCCC(=O)Nc1ccc(N(C)C)c(C(=O)NCCCOCC)c1. The molecule has 2 amide bonds. The van der Waals surface area contributed by atoms with E-state index in [1.54, 1.807) is 6.07 Å². The van der Waals surface area contributed by atoms with E-state index in [0.29, 0.717) is 37.4 Å². The third kappa shape index (κ3) is 9.22. The lowest BCUT2D eigenvalue weighted by Gasteiger charge is -2.18. The number of nitrogens with zero attached hydrogens (tertiary/aromatic N) is 1. The van der Waals surface area contributed by atoms with Crippen molar-refractivity contribution in [3.05, 3.63) is 23.8 Å². The zero-order chi connectivity index (χ0) is 20.8. The molecule has 0 heterocycles. The molecule has 0 unspecified atom stereocenters. The van der Waals surface area contributed by atoms with Gasteiger partial charge in [0, 0.05) is 51.6 Å². The van der Waals surface area contributed by atoms with Crippen LogP contribution in [0, 0.1) is 0 Å². The van der Waals surface area contributed by atoms with E-state index < -0.39 is 0 Å². The molecule has 6 heteroatoms. The van der Waals surface area contributed by atoms with Crippen LogP contribution in [0.1, 0.15) is 69.2 Å². The average Bonchev–Trinajstić information content (AvgIpc) is 2.67. The van der Waals surface area contributed by atoms with Crippen LogP contribution in [0.15, 0.2) is 18.2 Å². The van der Waals surface area contributed by atoms with Crippen LogP contribution in [0.2, 0.25) is 0 Å². The van der Waals surface area contributed by atoms with Gasteiger partial charge in [0.1, 0.15) is 0 Å². The molecule has 0 saturated heterocycles. The van der Waals surface area contributed by atoms with Crippen molar-refractivity contribution in [2.45, 2.75) is 58.8 Å². The van der Waals surface area contributed by atoms with E-state index >= 15 is 0 Å². The van der Waals surface area contributed by atoms with Crippen LogP contribution in [0.4, 0.5) is 11.4 Å². The Labute approximate surface area is 170 Å². The Morgan fingerprint density at radius 3 is 2.46 bits per heavy atom. The lowest BCUT2D eigenvalue weighted by atomic mass is 10.1. The number of amides is 2. The summed E-state index contributed by atoms with van der Waals surface area (Å²) in [6.45, 7) is 5.99. The largest absolute Gasteiger partial charge is 0.382 e. The van der Waals surface area contributed by atoms with Gasteiger partial charge in [-0.25, -0.2) is 0 Å². The molecule has 1 aromatic carbocycles. The summed E-state index contributed by atoms with van der Waals surface area (Å²) in [4.78, 5) is 26.7. The number of unbranched alkanes of at least 4 members (excludes halogenated alkanes) is 4. The van der Waals surface area contributed by atoms with Crippen LogP contribution >= 0.6 is 0 Å². The number of hydrogen-bond acceptors (Lipinski definition) is 4. The molecule has 1 rings (SSSR count). The Morgan fingerprint density at radius 1 is 1.04 bits per heavy atom. The van der Waals surface area contributed by atoms with Gasteiger partial charge in [0.25, 0.3) is 5.91 Å². The second-order valence-corrected chi connectivity index (χ2v) is 7.15. The molecule has 0 bridgehead atoms. The van der Waals surface area contributed by atoms with Crippen molar-refractivity contribution in [3.8, 4) is 0 Å². The van der Waals surface area contributed by atoms with Gasteiger partial charge in [0.15, 0.2) is 0 Å². The number of nitrogens with one attached hydrogen (secondary N) is 2. The molecular weight excluding hydrogens is 354 g/mol. The molecule has 0 aliphatic carbocycles. The van der Waals surface area contributed by atoms with E-state index in [1.807, 2.05) is 38.1 Å². The molecule has 28 heavy (non-hydrogen) atoms. The fraction of sp³-hybridized carbons (Fsp3) is 0.636. The summed E-state index contributed by atoms with van der Waals surface area (Å²) in [5.74, 6) is -0.145. The van der Waals surface area contributed by atoms with Crippen LogP contribution in [0.3, 0.4) is 0 Å². The molecule has 0 radical (unpaired) electrons. The van der Waals surface area contributed by atoms with Crippen LogP contribution in [0.5, 0.6) is 0 Å². The first-order valence-electron chi connectivity index (χ1n) is 10.5. The molecule has 6 nitrogen and oxygen atoms in total. The van der Waals surface area contributed by atoms with Gasteiger partial charge < -0.3 is 20.3 Å². The molecule has 0 spiro atoms. The summed E-state index contributed by atoms with van der Waals surface area (Å²) in [6.07, 6.45) is 6.85. The smallest absolute Gasteiger partial charge is 0.253 e. The minimum atomic E-state index is -0.143. The highest BCUT2D eigenvalue weighted by Gasteiger charge is 2.14. The maximum atomic E-state index is 12.6. The minimum Gasteiger partial charge on any atom is -0.382 e. The maximum absolute atomic E-state index is 12.6. The lowest BCUT2D eigenvalue weighted by Crippen LogP contribution is -2.27. The second-order valence-electron chi connectivity index (χ2n) is 7.15. The summed E-state index contributed by atoms with van der Waals surface area (Å²) in [5, 5.41) is 5.85. The van der Waals surface area contributed by atoms with E-state index in [2.05, 4.69) is 17.6 Å². The third-order valence-electron chi connectivity index (χ3n) is 4.47. The Bertz CT molecular complexity index is 603. The molecular formula is C22H37N3O3. The monoisotopic (exact) mass is 391 g/mol. The molecule has 0 atom stereocenters. The van der Waals surface area contributed by atoms with Crippen molar-refractivity contribution in [2.75, 3.05) is 44.1 Å². The quantitative estimate of drug-likeness (QED) is 0.466. The molecule has 0 saturated carbocycles. The molecule has 0 fully saturated rings. The van der Waals surface area contributed by atoms with Crippen LogP contribution in [0.25, 0.3) is 0 Å². The predicted octanol–water partition coefficient (Wildman–Crippen LogP) is 4.21. The van der Waals surface area contributed by atoms with Crippen molar-refractivity contribution >= 4 is 23.2 Å². The van der Waals surface area contributed by atoms with Crippen LogP contribution in [-0.4, -0.2) is 45.7 Å². The van der Waals surface area contributed by atoms with Crippen molar-refractivity contribution in [1.82, 2.24) is 5.32 Å². The number of hydrogen-bond donors (Lipinski definition) is 2. The van der Waals surface area contributed by atoms with Gasteiger partial charge >= 0.3 is 0 Å². The Balaban J connectivity index is 2.65. The predicted molar refractivity (Wildman–Crippen MR) is 116 cm³/mol. The number of rotatable bonds is 14. The number of anilines is 2. The van der Waals surface area contributed by atoms with Gasteiger partial charge in [-0.05, 0) is 38.0 Å². The summed E-state index contributed by atoms with van der Waals surface area (Å²) in [7, 11) is 3.80. The molecule has 2 N–H and O–H groups in total.